The van der Waals surface area contributed by atoms with Gasteiger partial charge in [-0.15, -0.1) is 17.5 Å². The van der Waals surface area contributed by atoms with Gasteiger partial charge in [0.2, 0.25) is 0 Å². The highest BCUT2D eigenvalue weighted by molar-refractivity contribution is 5.85. The monoisotopic (exact) mass is 246 g/mol. The van der Waals surface area contributed by atoms with Crippen LogP contribution in [0.2, 0.25) is 0 Å². The van der Waals surface area contributed by atoms with Gasteiger partial charge in [-0.05, 0) is 12.8 Å². The van der Waals surface area contributed by atoms with Crippen LogP contribution in [0.3, 0.4) is 0 Å². The molecule has 0 spiro atoms. The Balaban J connectivity index is 0.00000128. The Morgan fingerprint density at radius 1 is 1.50 bits per heavy atom. The molecule has 1 aromatic heterocycles. The van der Waals surface area contributed by atoms with Crippen LogP contribution in [-0.2, 0) is 0 Å². The Morgan fingerprint density at radius 3 is 2.75 bits per heavy atom. The zero-order chi connectivity index (χ0) is 10.8. The molecule has 0 aliphatic heterocycles. The molecule has 0 bridgehead atoms. The quantitative estimate of drug-likeness (QED) is 0.807. The van der Waals surface area contributed by atoms with E-state index in [2.05, 4.69) is 10.3 Å². The van der Waals surface area contributed by atoms with E-state index in [1.54, 1.807) is 4.68 Å². The molecule has 1 aromatic rings. The van der Waals surface area contributed by atoms with Crippen LogP contribution in [0, 0.1) is 0 Å². The highest BCUT2D eigenvalue weighted by Crippen LogP contribution is 2.26. The molecule has 1 fully saturated rings. The van der Waals surface area contributed by atoms with Gasteiger partial charge in [-0.2, -0.15) is 0 Å². The first kappa shape index (κ1) is 12.9. The van der Waals surface area contributed by atoms with Gasteiger partial charge >= 0.3 is 5.97 Å². The van der Waals surface area contributed by atoms with Crippen molar-refractivity contribution in [3.63, 3.8) is 0 Å². The van der Waals surface area contributed by atoms with Crippen molar-refractivity contribution < 1.29 is 9.90 Å². The molecule has 0 saturated heterocycles. The number of carboxylic acids is 1. The Labute approximate surface area is 99.2 Å². The average molecular weight is 247 g/mol. The summed E-state index contributed by atoms with van der Waals surface area (Å²) >= 11 is 0. The van der Waals surface area contributed by atoms with Crippen molar-refractivity contribution in [3.8, 4) is 0 Å². The second-order valence-corrected chi connectivity index (χ2v) is 3.90. The smallest absolute Gasteiger partial charge is 0.358 e. The number of halogens is 1. The standard InChI is InChI=1S/C9H14N4O2.ClH/c10-6-3-1-2-4-8(6)13-5-7(9(14)15)11-12-13;/h5-6,8H,1-4,10H2,(H,14,15);1H. The maximum Gasteiger partial charge on any atom is 0.358 e. The van der Waals surface area contributed by atoms with Crippen LogP contribution >= 0.6 is 12.4 Å². The van der Waals surface area contributed by atoms with Crippen LogP contribution in [-0.4, -0.2) is 32.1 Å². The fourth-order valence-corrected chi connectivity index (χ4v) is 2.01. The summed E-state index contributed by atoms with van der Waals surface area (Å²) in [5.74, 6) is -1.05. The lowest BCUT2D eigenvalue weighted by Crippen LogP contribution is -2.35. The van der Waals surface area contributed by atoms with E-state index in [4.69, 9.17) is 10.8 Å². The highest BCUT2D eigenvalue weighted by atomic mass is 35.5. The van der Waals surface area contributed by atoms with Gasteiger partial charge in [0.05, 0.1) is 12.2 Å². The normalized spacial score (nSPS) is 24.8. The number of aromatic nitrogens is 3. The minimum atomic E-state index is -1.05. The largest absolute Gasteiger partial charge is 0.476 e. The predicted molar refractivity (Wildman–Crippen MR) is 59.7 cm³/mol. The van der Waals surface area contributed by atoms with Gasteiger partial charge in [-0.25, -0.2) is 9.48 Å². The van der Waals surface area contributed by atoms with E-state index >= 15 is 0 Å². The fourth-order valence-electron chi connectivity index (χ4n) is 2.01. The summed E-state index contributed by atoms with van der Waals surface area (Å²) in [6.45, 7) is 0. The van der Waals surface area contributed by atoms with Crippen molar-refractivity contribution >= 4 is 18.4 Å². The molecular formula is C9H15ClN4O2. The first-order valence-corrected chi connectivity index (χ1v) is 5.09. The summed E-state index contributed by atoms with van der Waals surface area (Å²) < 4.78 is 1.59. The molecule has 0 aromatic carbocycles. The SMILES string of the molecule is Cl.NC1CCCCC1n1cc(C(=O)O)nn1. The summed E-state index contributed by atoms with van der Waals surface area (Å²) in [6.07, 6.45) is 5.62. The van der Waals surface area contributed by atoms with E-state index in [9.17, 15) is 4.79 Å². The summed E-state index contributed by atoms with van der Waals surface area (Å²) in [5.41, 5.74) is 5.94. The van der Waals surface area contributed by atoms with Crippen molar-refractivity contribution in [1.29, 1.82) is 0 Å². The molecule has 2 atom stereocenters. The lowest BCUT2D eigenvalue weighted by molar-refractivity contribution is 0.0690. The van der Waals surface area contributed by atoms with E-state index in [1.165, 1.54) is 6.20 Å². The molecule has 7 heteroatoms. The summed E-state index contributed by atoms with van der Waals surface area (Å²) in [5, 5.41) is 16.1. The van der Waals surface area contributed by atoms with Crippen LogP contribution in [0.5, 0.6) is 0 Å². The van der Waals surface area contributed by atoms with Crippen molar-refractivity contribution in [2.75, 3.05) is 0 Å². The molecule has 16 heavy (non-hydrogen) atoms. The van der Waals surface area contributed by atoms with Gasteiger partial charge in [-0.1, -0.05) is 18.1 Å². The fraction of sp³-hybridized carbons (Fsp3) is 0.667. The number of rotatable bonds is 2. The Bertz CT molecular complexity index is 368. The van der Waals surface area contributed by atoms with Crippen LogP contribution in [0.15, 0.2) is 6.20 Å². The van der Waals surface area contributed by atoms with Gasteiger partial charge in [0.15, 0.2) is 5.69 Å². The third kappa shape index (κ3) is 2.51. The van der Waals surface area contributed by atoms with Crippen molar-refractivity contribution in [2.45, 2.75) is 37.8 Å². The number of nitrogens with zero attached hydrogens (tertiary/aromatic N) is 3. The van der Waals surface area contributed by atoms with Crippen LogP contribution < -0.4 is 5.73 Å². The second-order valence-electron chi connectivity index (χ2n) is 3.90. The molecular weight excluding hydrogens is 232 g/mol. The molecule has 1 saturated carbocycles. The molecule has 1 aliphatic carbocycles. The molecule has 2 rings (SSSR count). The number of aromatic carboxylic acids is 1. The first-order valence-electron chi connectivity index (χ1n) is 5.09. The second kappa shape index (κ2) is 5.27. The third-order valence-corrected chi connectivity index (χ3v) is 2.85. The molecule has 3 N–H and O–H groups in total. The third-order valence-electron chi connectivity index (χ3n) is 2.85. The molecule has 6 nitrogen and oxygen atoms in total. The molecule has 1 aliphatic rings. The van der Waals surface area contributed by atoms with Crippen LogP contribution in [0.4, 0.5) is 0 Å². The Hall–Kier alpha value is -1.14. The Kier molecular flexibility index (Phi) is 4.26. The molecule has 0 radical (unpaired) electrons. The molecule has 90 valence electrons. The highest BCUT2D eigenvalue weighted by Gasteiger charge is 2.25. The van der Waals surface area contributed by atoms with Crippen molar-refractivity contribution in [3.05, 3.63) is 11.9 Å². The predicted octanol–water partition coefficient (Wildman–Crippen LogP) is 0.840. The van der Waals surface area contributed by atoms with Gasteiger partial charge in [0, 0.05) is 6.04 Å². The Morgan fingerprint density at radius 2 is 2.19 bits per heavy atom. The number of carboxylic acid groups (broad SMARTS) is 1. The van der Waals surface area contributed by atoms with E-state index in [0.29, 0.717) is 0 Å². The maximum atomic E-state index is 10.6. The zero-order valence-electron chi connectivity index (χ0n) is 8.74. The van der Waals surface area contributed by atoms with E-state index in [0.717, 1.165) is 25.7 Å². The van der Waals surface area contributed by atoms with Gasteiger partial charge in [0.1, 0.15) is 0 Å². The topological polar surface area (TPSA) is 94.0 Å². The minimum Gasteiger partial charge on any atom is -0.476 e. The van der Waals surface area contributed by atoms with E-state index in [1.807, 2.05) is 0 Å². The summed E-state index contributed by atoms with van der Waals surface area (Å²) in [4.78, 5) is 10.6. The number of hydrogen-bond donors (Lipinski definition) is 2. The van der Waals surface area contributed by atoms with Crippen molar-refractivity contribution in [2.24, 2.45) is 5.73 Å². The molecule has 1 heterocycles. The molecule has 2 unspecified atom stereocenters. The van der Waals surface area contributed by atoms with Crippen LogP contribution in [0.1, 0.15) is 42.2 Å². The van der Waals surface area contributed by atoms with Crippen LogP contribution in [0.25, 0.3) is 0 Å². The summed E-state index contributed by atoms with van der Waals surface area (Å²) in [7, 11) is 0. The van der Waals surface area contributed by atoms with Gasteiger partial charge < -0.3 is 10.8 Å². The van der Waals surface area contributed by atoms with E-state index < -0.39 is 5.97 Å². The maximum absolute atomic E-state index is 10.6. The van der Waals surface area contributed by atoms with Gasteiger partial charge in [-0.3, -0.25) is 0 Å². The zero-order valence-corrected chi connectivity index (χ0v) is 9.56. The van der Waals surface area contributed by atoms with Gasteiger partial charge in [0.25, 0.3) is 0 Å². The lowest BCUT2D eigenvalue weighted by Gasteiger charge is -2.27. The summed E-state index contributed by atoms with van der Waals surface area (Å²) in [6, 6.07) is 0.154. The lowest BCUT2D eigenvalue weighted by atomic mass is 9.91. The van der Waals surface area contributed by atoms with E-state index in [-0.39, 0.29) is 30.2 Å². The number of hydrogen-bond acceptors (Lipinski definition) is 4. The molecule has 0 amide bonds. The number of nitrogens with two attached hydrogens (primary N) is 1. The van der Waals surface area contributed by atoms with Crippen molar-refractivity contribution in [1.82, 2.24) is 15.0 Å². The number of carbonyl (C=O) groups is 1. The minimum absolute atomic E-state index is 0. The first-order chi connectivity index (χ1) is 7.18. The average Bonchev–Trinajstić information content (AvgIpc) is 2.67.